The van der Waals surface area contributed by atoms with Gasteiger partial charge in [0.2, 0.25) is 5.91 Å². The molecular formula is C14H20ClN3O3. The summed E-state index contributed by atoms with van der Waals surface area (Å²) in [4.78, 5) is 21.8. The van der Waals surface area contributed by atoms with Crippen LogP contribution in [0.5, 0.6) is 0 Å². The van der Waals surface area contributed by atoms with E-state index in [1.807, 2.05) is 13.8 Å². The highest BCUT2D eigenvalue weighted by atomic mass is 35.5. The summed E-state index contributed by atoms with van der Waals surface area (Å²) in [5.41, 5.74) is 0.652. The van der Waals surface area contributed by atoms with Gasteiger partial charge in [0.1, 0.15) is 5.02 Å². The molecule has 1 rings (SSSR count). The summed E-state index contributed by atoms with van der Waals surface area (Å²) < 4.78 is 0. The first-order chi connectivity index (χ1) is 9.93. The van der Waals surface area contributed by atoms with Gasteiger partial charge in [-0.05, 0) is 25.0 Å². The maximum atomic E-state index is 11.6. The lowest BCUT2D eigenvalue weighted by atomic mass is 10.2. The molecule has 1 amide bonds. The number of carbonyl (C=O) groups is 1. The molecule has 0 fully saturated rings. The average Bonchev–Trinajstić information content (AvgIpc) is 2.44. The fourth-order valence-electron chi connectivity index (χ4n) is 1.69. The standard InChI is InChI=1S/C14H20ClN3O3/c1-3-10(2)17-14(19)6-7-16-9-11-4-5-12(15)13(8-11)18(20)21/h4-5,8,10,16H,3,6-7,9H2,1-2H3,(H,17,19). The third-order valence-electron chi connectivity index (χ3n) is 3.08. The smallest absolute Gasteiger partial charge is 0.288 e. The van der Waals surface area contributed by atoms with Crippen LogP contribution in [0.25, 0.3) is 0 Å². The Balaban J connectivity index is 2.38. The summed E-state index contributed by atoms with van der Waals surface area (Å²) in [6.45, 7) is 4.93. The quantitative estimate of drug-likeness (QED) is 0.439. The number of nitrogens with zero attached hydrogens (tertiary/aromatic N) is 1. The van der Waals surface area contributed by atoms with Crippen molar-refractivity contribution in [3.8, 4) is 0 Å². The van der Waals surface area contributed by atoms with E-state index in [1.165, 1.54) is 12.1 Å². The maximum absolute atomic E-state index is 11.6. The Morgan fingerprint density at radius 1 is 1.48 bits per heavy atom. The zero-order valence-corrected chi connectivity index (χ0v) is 12.9. The van der Waals surface area contributed by atoms with E-state index < -0.39 is 4.92 Å². The first-order valence-corrected chi connectivity index (χ1v) is 7.24. The van der Waals surface area contributed by atoms with Crippen LogP contribution in [0.15, 0.2) is 18.2 Å². The molecule has 0 aliphatic carbocycles. The lowest BCUT2D eigenvalue weighted by Crippen LogP contribution is -2.33. The summed E-state index contributed by atoms with van der Waals surface area (Å²) >= 11 is 5.74. The van der Waals surface area contributed by atoms with E-state index in [0.29, 0.717) is 19.5 Å². The van der Waals surface area contributed by atoms with E-state index in [9.17, 15) is 14.9 Å². The molecule has 0 heterocycles. The van der Waals surface area contributed by atoms with Crippen molar-refractivity contribution in [3.63, 3.8) is 0 Å². The Labute approximate surface area is 129 Å². The van der Waals surface area contributed by atoms with Crippen LogP contribution in [0.1, 0.15) is 32.3 Å². The van der Waals surface area contributed by atoms with Gasteiger partial charge < -0.3 is 10.6 Å². The molecule has 0 spiro atoms. The Kier molecular flexibility index (Phi) is 7.11. The van der Waals surface area contributed by atoms with Crippen molar-refractivity contribution in [3.05, 3.63) is 38.9 Å². The van der Waals surface area contributed by atoms with Gasteiger partial charge in [-0.1, -0.05) is 24.6 Å². The fourth-order valence-corrected chi connectivity index (χ4v) is 1.88. The van der Waals surface area contributed by atoms with E-state index >= 15 is 0 Å². The Hall–Kier alpha value is -1.66. The number of hydrogen-bond donors (Lipinski definition) is 2. The van der Waals surface area contributed by atoms with Crippen molar-refractivity contribution in [2.24, 2.45) is 0 Å². The van der Waals surface area contributed by atoms with Crippen LogP contribution < -0.4 is 10.6 Å². The number of hydrogen-bond acceptors (Lipinski definition) is 4. The van der Waals surface area contributed by atoms with Crippen LogP contribution in [-0.4, -0.2) is 23.4 Å². The number of carbonyl (C=O) groups excluding carboxylic acids is 1. The molecule has 1 aromatic carbocycles. The number of amides is 1. The highest BCUT2D eigenvalue weighted by molar-refractivity contribution is 6.32. The van der Waals surface area contributed by atoms with Crippen molar-refractivity contribution in [1.82, 2.24) is 10.6 Å². The molecule has 1 aromatic rings. The lowest BCUT2D eigenvalue weighted by Gasteiger charge is -2.11. The normalized spacial score (nSPS) is 12.0. The minimum atomic E-state index is -0.509. The Morgan fingerprint density at radius 3 is 2.81 bits per heavy atom. The fraction of sp³-hybridized carbons (Fsp3) is 0.500. The van der Waals surface area contributed by atoms with Crippen LogP contribution in [0, 0.1) is 10.1 Å². The Bertz CT molecular complexity index is 508. The molecular weight excluding hydrogens is 294 g/mol. The second kappa shape index (κ2) is 8.59. The summed E-state index contributed by atoms with van der Waals surface area (Å²) in [5.74, 6) is -0.000985. The van der Waals surface area contributed by atoms with Crippen LogP contribution in [0.2, 0.25) is 5.02 Å². The SMILES string of the molecule is CCC(C)NC(=O)CCNCc1ccc(Cl)c([N+](=O)[O-])c1. The number of nitro benzene ring substituents is 1. The number of halogens is 1. The molecule has 0 aromatic heterocycles. The molecule has 0 bridgehead atoms. The van der Waals surface area contributed by atoms with Crippen LogP contribution in [-0.2, 0) is 11.3 Å². The second-order valence-corrected chi connectivity index (χ2v) is 5.25. The molecule has 0 saturated heterocycles. The van der Waals surface area contributed by atoms with Crippen molar-refractivity contribution < 1.29 is 9.72 Å². The van der Waals surface area contributed by atoms with Crippen LogP contribution in [0.3, 0.4) is 0 Å². The number of rotatable bonds is 8. The minimum Gasteiger partial charge on any atom is -0.354 e. The second-order valence-electron chi connectivity index (χ2n) is 4.85. The van der Waals surface area contributed by atoms with Gasteiger partial charge in [-0.3, -0.25) is 14.9 Å². The minimum absolute atomic E-state index is 0.000985. The van der Waals surface area contributed by atoms with Gasteiger partial charge in [-0.2, -0.15) is 0 Å². The number of benzene rings is 1. The summed E-state index contributed by atoms with van der Waals surface area (Å²) in [6, 6.07) is 4.85. The highest BCUT2D eigenvalue weighted by Crippen LogP contribution is 2.24. The third-order valence-corrected chi connectivity index (χ3v) is 3.40. The van der Waals surface area contributed by atoms with Crippen molar-refractivity contribution >= 4 is 23.2 Å². The van der Waals surface area contributed by atoms with E-state index in [-0.39, 0.29) is 22.7 Å². The first-order valence-electron chi connectivity index (χ1n) is 6.87. The molecule has 0 aliphatic rings. The predicted molar refractivity (Wildman–Crippen MR) is 82.3 cm³/mol. The van der Waals surface area contributed by atoms with E-state index in [1.54, 1.807) is 6.07 Å². The maximum Gasteiger partial charge on any atom is 0.288 e. The molecule has 6 nitrogen and oxygen atoms in total. The van der Waals surface area contributed by atoms with E-state index in [4.69, 9.17) is 11.6 Å². The molecule has 0 radical (unpaired) electrons. The molecule has 1 atom stereocenters. The largest absolute Gasteiger partial charge is 0.354 e. The van der Waals surface area contributed by atoms with E-state index in [2.05, 4.69) is 10.6 Å². The zero-order valence-electron chi connectivity index (χ0n) is 12.2. The zero-order chi connectivity index (χ0) is 15.8. The van der Waals surface area contributed by atoms with Crippen LogP contribution in [0.4, 0.5) is 5.69 Å². The van der Waals surface area contributed by atoms with Crippen molar-refractivity contribution in [2.45, 2.75) is 39.3 Å². The van der Waals surface area contributed by atoms with Gasteiger partial charge in [0.15, 0.2) is 0 Å². The third kappa shape index (κ3) is 6.10. The molecule has 1 unspecified atom stereocenters. The number of nitrogens with one attached hydrogen (secondary N) is 2. The summed E-state index contributed by atoms with van der Waals surface area (Å²) in [6.07, 6.45) is 1.27. The molecule has 0 aliphatic heterocycles. The lowest BCUT2D eigenvalue weighted by molar-refractivity contribution is -0.384. The van der Waals surface area contributed by atoms with Crippen LogP contribution >= 0.6 is 11.6 Å². The summed E-state index contributed by atoms with van der Waals surface area (Å²) in [5, 5.41) is 16.9. The predicted octanol–water partition coefficient (Wildman–Crippen LogP) is 2.64. The highest BCUT2D eigenvalue weighted by Gasteiger charge is 2.12. The van der Waals surface area contributed by atoms with Crippen molar-refractivity contribution in [1.29, 1.82) is 0 Å². The van der Waals surface area contributed by atoms with E-state index in [0.717, 1.165) is 12.0 Å². The van der Waals surface area contributed by atoms with Crippen molar-refractivity contribution in [2.75, 3.05) is 6.54 Å². The molecule has 21 heavy (non-hydrogen) atoms. The Morgan fingerprint density at radius 2 is 2.19 bits per heavy atom. The van der Waals surface area contributed by atoms with Gasteiger partial charge in [-0.25, -0.2) is 0 Å². The molecule has 116 valence electrons. The van der Waals surface area contributed by atoms with Gasteiger partial charge in [0, 0.05) is 31.6 Å². The van der Waals surface area contributed by atoms with Gasteiger partial charge >= 0.3 is 0 Å². The monoisotopic (exact) mass is 313 g/mol. The van der Waals surface area contributed by atoms with Gasteiger partial charge in [0.25, 0.3) is 5.69 Å². The van der Waals surface area contributed by atoms with Gasteiger partial charge in [-0.15, -0.1) is 0 Å². The topological polar surface area (TPSA) is 84.3 Å². The molecule has 0 saturated carbocycles. The van der Waals surface area contributed by atoms with Gasteiger partial charge in [0.05, 0.1) is 4.92 Å². The molecule has 2 N–H and O–H groups in total. The number of nitro groups is 1. The summed E-state index contributed by atoms with van der Waals surface area (Å²) in [7, 11) is 0. The average molecular weight is 314 g/mol. The first kappa shape index (κ1) is 17.4. The molecule has 7 heteroatoms.